The number of hydrogen-bond acceptors (Lipinski definition) is 4. The molecule has 1 N–H and O–H groups in total. The number of amides is 1. The van der Waals surface area contributed by atoms with Gasteiger partial charge in [0.2, 0.25) is 10.0 Å². The van der Waals surface area contributed by atoms with E-state index in [1.807, 2.05) is 0 Å². The van der Waals surface area contributed by atoms with E-state index in [9.17, 15) is 22.0 Å². The first-order valence-electron chi connectivity index (χ1n) is 9.87. The zero-order valence-electron chi connectivity index (χ0n) is 17.7. The lowest BCUT2D eigenvalue weighted by Crippen LogP contribution is -2.43. The van der Waals surface area contributed by atoms with Crippen molar-refractivity contribution >= 4 is 15.9 Å². The summed E-state index contributed by atoms with van der Waals surface area (Å²) >= 11 is 0. The topological polar surface area (TPSA) is 75.7 Å². The summed E-state index contributed by atoms with van der Waals surface area (Å²) in [6.07, 6.45) is 2.51. The van der Waals surface area contributed by atoms with Crippen molar-refractivity contribution < 1.29 is 26.8 Å². The maximum Gasteiger partial charge on any atom is 0.252 e. The van der Waals surface area contributed by atoms with E-state index in [2.05, 4.69) is 4.72 Å². The minimum Gasteiger partial charge on any atom is -0.275 e. The van der Waals surface area contributed by atoms with E-state index in [1.165, 1.54) is 38.4 Å². The van der Waals surface area contributed by atoms with Gasteiger partial charge in [-0.1, -0.05) is 24.3 Å². The summed E-state index contributed by atoms with van der Waals surface area (Å²) in [6.45, 7) is 0. The molecule has 3 rings (SSSR count). The molecule has 0 heterocycles. The maximum atomic E-state index is 14.5. The van der Waals surface area contributed by atoms with Crippen LogP contribution in [-0.2, 0) is 26.1 Å². The molecule has 2 aromatic rings. The van der Waals surface area contributed by atoms with Gasteiger partial charge in [-0.15, -0.1) is 0 Å². The van der Waals surface area contributed by atoms with Crippen molar-refractivity contribution in [2.24, 2.45) is 5.41 Å². The second-order valence-electron chi connectivity index (χ2n) is 8.07. The largest absolute Gasteiger partial charge is 0.275 e. The van der Waals surface area contributed by atoms with Crippen LogP contribution >= 0.6 is 0 Å². The van der Waals surface area contributed by atoms with Gasteiger partial charge in [0.1, 0.15) is 11.6 Å². The Morgan fingerprint density at radius 1 is 1.19 bits per heavy atom. The predicted octanol–water partition coefficient (Wildman–Crippen LogP) is 3.28. The number of hydroxylamine groups is 2. The lowest BCUT2D eigenvalue weighted by molar-refractivity contribution is -0.180. The van der Waals surface area contributed by atoms with Gasteiger partial charge in [-0.05, 0) is 49.4 Å². The minimum absolute atomic E-state index is 0.113. The molecular weight excluding hydrogens is 426 g/mol. The number of benzene rings is 2. The molecule has 1 aliphatic carbocycles. The predicted molar refractivity (Wildman–Crippen MR) is 113 cm³/mol. The third kappa shape index (κ3) is 5.28. The molecule has 1 fully saturated rings. The van der Waals surface area contributed by atoms with Gasteiger partial charge in [0.05, 0.1) is 18.8 Å². The number of hydrogen-bond donors (Lipinski definition) is 1. The van der Waals surface area contributed by atoms with Crippen molar-refractivity contribution in [2.75, 3.05) is 20.4 Å². The van der Waals surface area contributed by atoms with Crippen LogP contribution in [0.4, 0.5) is 8.78 Å². The second kappa shape index (κ2) is 9.02. The first-order valence-corrected chi connectivity index (χ1v) is 11.8. The minimum atomic E-state index is -3.43. The van der Waals surface area contributed by atoms with E-state index in [0.717, 1.165) is 11.3 Å². The molecule has 0 spiro atoms. The molecule has 31 heavy (non-hydrogen) atoms. The Morgan fingerprint density at radius 2 is 1.87 bits per heavy atom. The average Bonchev–Trinajstić information content (AvgIpc) is 3.10. The number of nitrogens with one attached hydrogen (secondary N) is 1. The molecule has 6 nitrogen and oxygen atoms in total. The van der Waals surface area contributed by atoms with Gasteiger partial charge in [0.15, 0.2) is 0 Å². The number of rotatable bonds is 7. The first-order chi connectivity index (χ1) is 14.5. The first kappa shape index (κ1) is 23.3. The maximum absolute atomic E-state index is 14.5. The van der Waals surface area contributed by atoms with Crippen LogP contribution in [0.3, 0.4) is 0 Å². The van der Waals surface area contributed by atoms with E-state index in [-0.39, 0.29) is 29.9 Å². The molecule has 0 bridgehead atoms. The Morgan fingerprint density at radius 3 is 2.52 bits per heavy atom. The molecule has 2 aromatic carbocycles. The number of nitrogens with zero attached hydrogens (tertiary/aromatic N) is 1. The number of sulfonamides is 1. The standard InChI is InChI=1S/C22H26F2N2O4S/c1-26(30-2)21(27)22(11-10-16(14-22)25-31(3,28)29)13-15-8-9-20(24)18(12-15)17-6-4-5-7-19(17)23/h4-9,12,16,25H,10-11,13-14H2,1-3H3/t16-,22+/m0/s1. The average molecular weight is 453 g/mol. The zero-order valence-corrected chi connectivity index (χ0v) is 18.5. The molecule has 0 aliphatic heterocycles. The SMILES string of the molecule is CON(C)C(=O)[C@@]1(Cc2ccc(F)c(-c3ccccc3F)c2)CC[C@H](NS(C)(=O)=O)C1. The molecule has 1 amide bonds. The molecular formula is C22H26F2N2O4S. The lowest BCUT2D eigenvalue weighted by atomic mass is 9.78. The van der Waals surface area contributed by atoms with Crippen molar-refractivity contribution in [3.8, 4) is 11.1 Å². The molecule has 9 heteroatoms. The Hall–Kier alpha value is -2.36. The van der Waals surface area contributed by atoms with Crippen molar-refractivity contribution in [3.05, 3.63) is 59.7 Å². The van der Waals surface area contributed by atoms with E-state index >= 15 is 0 Å². The van der Waals surface area contributed by atoms with Crippen LogP contribution in [-0.4, -0.2) is 45.8 Å². The van der Waals surface area contributed by atoms with Gasteiger partial charge < -0.3 is 0 Å². The summed E-state index contributed by atoms with van der Waals surface area (Å²) in [7, 11) is -0.560. The molecule has 1 saturated carbocycles. The fourth-order valence-electron chi connectivity index (χ4n) is 4.34. The van der Waals surface area contributed by atoms with Gasteiger partial charge in [-0.25, -0.2) is 27.0 Å². The van der Waals surface area contributed by atoms with Gasteiger partial charge in [-0.3, -0.25) is 9.63 Å². The van der Waals surface area contributed by atoms with Gasteiger partial charge in [-0.2, -0.15) is 0 Å². The van der Waals surface area contributed by atoms with Gasteiger partial charge >= 0.3 is 0 Å². The van der Waals surface area contributed by atoms with Crippen LogP contribution in [0.15, 0.2) is 42.5 Å². The summed E-state index contributed by atoms with van der Waals surface area (Å²) in [5, 5.41) is 1.13. The normalized spacial score (nSPS) is 21.3. The quantitative estimate of drug-likeness (QED) is 0.655. The zero-order chi connectivity index (χ0) is 22.8. The Bertz CT molecular complexity index is 1080. The van der Waals surface area contributed by atoms with Crippen LogP contribution in [0.2, 0.25) is 0 Å². The van der Waals surface area contributed by atoms with E-state index in [4.69, 9.17) is 4.84 Å². The van der Waals surface area contributed by atoms with Crippen molar-refractivity contribution in [3.63, 3.8) is 0 Å². The fraction of sp³-hybridized carbons (Fsp3) is 0.409. The Balaban J connectivity index is 1.97. The van der Waals surface area contributed by atoms with Crippen LogP contribution in [0.5, 0.6) is 0 Å². The Labute approximate surface area is 181 Å². The molecule has 0 aromatic heterocycles. The molecule has 2 atom stereocenters. The van der Waals surface area contributed by atoms with Crippen LogP contribution in [0, 0.1) is 17.0 Å². The summed E-state index contributed by atoms with van der Waals surface area (Å²) in [5.41, 5.74) is -0.0313. The third-order valence-corrected chi connectivity index (χ3v) is 6.50. The monoisotopic (exact) mass is 452 g/mol. The fourth-order valence-corrected chi connectivity index (χ4v) is 5.14. The van der Waals surface area contributed by atoms with E-state index in [1.54, 1.807) is 18.2 Å². The van der Waals surface area contributed by atoms with E-state index < -0.39 is 33.1 Å². The summed E-state index contributed by atoms with van der Waals surface area (Å²) in [5.74, 6) is -1.39. The van der Waals surface area contributed by atoms with Crippen molar-refractivity contribution in [2.45, 2.75) is 31.7 Å². The Kier molecular flexibility index (Phi) is 6.78. The number of carbonyl (C=O) groups excluding carboxylic acids is 1. The number of halogens is 2. The lowest BCUT2D eigenvalue weighted by Gasteiger charge is -2.32. The van der Waals surface area contributed by atoms with Crippen LogP contribution in [0.25, 0.3) is 11.1 Å². The molecule has 0 unspecified atom stereocenters. The molecule has 0 radical (unpaired) electrons. The smallest absolute Gasteiger partial charge is 0.252 e. The van der Waals surface area contributed by atoms with Crippen molar-refractivity contribution in [1.82, 2.24) is 9.79 Å². The highest BCUT2D eigenvalue weighted by atomic mass is 32.2. The highest BCUT2D eigenvalue weighted by Crippen LogP contribution is 2.43. The number of carbonyl (C=O) groups is 1. The van der Waals surface area contributed by atoms with Gasteiger partial charge in [0.25, 0.3) is 5.91 Å². The van der Waals surface area contributed by atoms with Crippen molar-refractivity contribution in [1.29, 1.82) is 0 Å². The third-order valence-electron chi connectivity index (χ3n) is 5.74. The highest BCUT2D eigenvalue weighted by Gasteiger charge is 2.47. The molecule has 1 aliphatic rings. The van der Waals surface area contributed by atoms with Crippen LogP contribution in [0.1, 0.15) is 24.8 Å². The second-order valence-corrected chi connectivity index (χ2v) is 9.85. The van der Waals surface area contributed by atoms with E-state index in [0.29, 0.717) is 18.4 Å². The van der Waals surface area contributed by atoms with Crippen LogP contribution < -0.4 is 4.72 Å². The summed E-state index contributed by atoms with van der Waals surface area (Å²) in [4.78, 5) is 18.3. The summed E-state index contributed by atoms with van der Waals surface area (Å²) < 4.78 is 54.7. The van der Waals surface area contributed by atoms with Gasteiger partial charge in [0, 0.05) is 24.2 Å². The molecule has 168 valence electrons. The highest BCUT2D eigenvalue weighted by molar-refractivity contribution is 7.88. The summed E-state index contributed by atoms with van der Waals surface area (Å²) in [6, 6.07) is 9.90. The molecule has 0 saturated heterocycles.